The summed E-state index contributed by atoms with van der Waals surface area (Å²) in [6.07, 6.45) is 5.32. The molecule has 0 radical (unpaired) electrons. The average molecular weight is 287 g/mol. The molecule has 0 aliphatic rings. The number of benzene rings is 1. The summed E-state index contributed by atoms with van der Waals surface area (Å²) in [5.41, 5.74) is 10.3. The Morgan fingerprint density at radius 1 is 0.864 bits per heavy atom. The minimum atomic E-state index is 0.499. The van der Waals surface area contributed by atoms with Crippen LogP contribution in [-0.2, 0) is 0 Å². The minimum Gasteiger partial charge on any atom is -0.384 e. The van der Waals surface area contributed by atoms with Crippen LogP contribution in [0.4, 0.5) is 5.82 Å². The summed E-state index contributed by atoms with van der Waals surface area (Å²) >= 11 is 0. The van der Waals surface area contributed by atoms with Gasteiger partial charge in [0.15, 0.2) is 0 Å². The van der Waals surface area contributed by atoms with Crippen LogP contribution in [0.15, 0.2) is 67.3 Å². The van der Waals surface area contributed by atoms with Gasteiger partial charge >= 0.3 is 0 Å². The van der Waals surface area contributed by atoms with E-state index in [2.05, 4.69) is 15.0 Å². The molecule has 0 spiro atoms. The van der Waals surface area contributed by atoms with Gasteiger partial charge in [-0.2, -0.15) is 0 Å². The molecule has 0 bridgehead atoms. The summed E-state index contributed by atoms with van der Waals surface area (Å²) in [5, 5.41) is 0. The van der Waals surface area contributed by atoms with Crippen molar-refractivity contribution in [2.45, 2.75) is 0 Å². The first-order chi connectivity index (χ1) is 10.8. The molecule has 22 heavy (non-hydrogen) atoms. The van der Waals surface area contributed by atoms with Crippen molar-refractivity contribution in [3.05, 3.63) is 67.3 Å². The minimum absolute atomic E-state index is 0.499. The van der Waals surface area contributed by atoms with Crippen LogP contribution in [0.25, 0.3) is 28.0 Å². The van der Waals surface area contributed by atoms with Gasteiger partial charge < -0.3 is 5.73 Å². The fraction of sp³-hybridized carbons (Fsp3) is 0. The van der Waals surface area contributed by atoms with E-state index < -0.39 is 0 Å². The number of nitrogens with two attached hydrogens (primary N) is 1. The van der Waals surface area contributed by atoms with Crippen LogP contribution in [0.2, 0.25) is 0 Å². The molecule has 5 nitrogen and oxygen atoms in total. The molecule has 4 aromatic rings. The highest BCUT2D eigenvalue weighted by atomic mass is 15.1. The Kier molecular flexibility index (Phi) is 2.83. The quantitative estimate of drug-likeness (QED) is 0.615. The lowest BCUT2D eigenvalue weighted by Crippen LogP contribution is -1.93. The van der Waals surface area contributed by atoms with Crippen molar-refractivity contribution in [1.29, 1.82) is 0 Å². The van der Waals surface area contributed by atoms with Crippen molar-refractivity contribution in [3.8, 4) is 16.9 Å². The fourth-order valence-electron chi connectivity index (χ4n) is 2.42. The first-order valence-corrected chi connectivity index (χ1v) is 6.92. The molecular weight excluding hydrogens is 274 g/mol. The van der Waals surface area contributed by atoms with E-state index in [1.807, 2.05) is 53.4 Å². The Morgan fingerprint density at radius 2 is 1.73 bits per heavy atom. The number of imidazole rings is 1. The largest absolute Gasteiger partial charge is 0.384 e. The van der Waals surface area contributed by atoms with Crippen molar-refractivity contribution >= 4 is 16.9 Å². The second-order valence-corrected chi connectivity index (χ2v) is 4.98. The molecule has 5 heteroatoms. The number of nitrogen functional groups attached to an aromatic ring is 1. The Balaban J connectivity index is 1.88. The molecule has 0 atom stereocenters. The summed E-state index contributed by atoms with van der Waals surface area (Å²) < 4.78 is 2.05. The van der Waals surface area contributed by atoms with E-state index in [-0.39, 0.29) is 0 Å². The summed E-state index contributed by atoms with van der Waals surface area (Å²) in [5.74, 6) is 0.499. The van der Waals surface area contributed by atoms with Crippen LogP contribution in [0.5, 0.6) is 0 Å². The molecule has 0 saturated heterocycles. The van der Waals surface area contributed by atoms with Gasteiger partial charge in [0.25, 0.3) is 0 Å². The van der Waals surface area contributed by atoms with Crippen LogP contribution in [0, 0.1) is 0 Å². The zero-order chi connectivity index (χ0) is 14.9. The standard InChI is InChI=1S/C17H13N5/c18-17-7-6-12(9-20-17)14-8-16-15(10-19-14)21-11-22(16)13-4-2-1-3-5-13/h1-11H,(H2,18,20). The Bertz CT molecular complexity index is 926. The molecule has 0 unspecified atom stereocenters. The van der Waals surface area contributed by atoms with Crippen molar-refractivity contribution in [2.75, 3.05) is 5.73 Å². The first kappa shape index (κ1) is 12.5. The molecule has 2 N–H and O–H groups in total. The monoisotopic (exact) mass is 287 g/mol. The Labute approximate surface area is 127 Å². The summed E-state index contributed by atoms with van der Waals surface area (Å²) in [7, 11) is 0. The number of pyridine rings is 2. The predicted octanol–water partition coefficient (Wildman–Crippen LogP) is 3.06. The second kappa shape index (κ2) is 4.96. The molecule has 0 aliphatic heterocycles. The lowest BCUT2D eigenvalue weighted by atomic mass is 10.2. The average Bonchev–Trinajstić information content (AvgIpc) is 2.99. The SMILES string of the molecule is Nc1ccc(-c2cc3c(cn2)ncn3-c2ccccc2)cn1. The van der Waals surface area contributed by atoms with Gasteiger partial charge in [0.05, 0.1) is 17.4 Å². The van der Waals surface area contributed by atoms with Crippen molar-refractivity contribution < 1.29 is 0 Å². The van der Waals surface area contributed by atoms with E-state index in [1.54, 1.807) is 18.5 Å². The van der Waals surface area contributed by atoms with Crippen molar-refractivity contribution in [1.82, 2.24) is 19.5 Å². The molecular formula is C17H13N5. The van der Waals surface area contributed by atoms with Gasteiger partial charge in [-0.1, -0.05) is 18.2 Å². The molecule has 0 saturated carbocycles. The van der Waals surface area contributed by atoms with E-state index in [4.69, 9.17) is 5.73 Å². The van der Waals surface area contributed by atoms with Crippen LogP contribution >= 0.6 is 0 Å². The summed E-state index contributed by atoms with van der Waals surface area (Å²) in [6, 6.07) is 15.8. The third kappa shape index (κ3) is 2.09. The lowest BCUT2D eigenvalue weighted by Gasteiger charge is -2.05. The van der Waals surface area contributed by atoms with Crippen LogP contribution in [0.3, 0.4) is 0 Å². The number of rotatable bonds is 2. The molecule has 0 fully saturated rings. The van der Waals surface area contributed by atoms with Gasteiger partial charge in [-0.25, -0.2) is 9.97 Å². The molecule has 106 valence electrons. The maximum atomic E-state index is 5.63. The van der Waals surface area contributed by atoms with Gasteiger partial charge in [0, 0.05) is 17.4 Å². The highest BCUT2D eigenvalue weighted by Crippen LogP contribution is 2.23. The van der Waals surface area contributed by atoms with Gasteiger partial charge in [-0.05, 0) is 30.3 Å². The second-order valence-electron chi connectivity index (χ2n) is 4.98. The van der Waals surface area contributed by atoms with Crippen LogP contribution in [0.1, 0.15) is 0 Å². The Morgan fingerprint density at radius 3 is 2.50 bits per heavy atom. The van der Waals surface area contributed by atoms with E-state index in [0.717, 1.165) is 28.0 Å². The van der Waals surface area contributed by atoms with E-state index >= 15 is 0 Å². The predicted molar refractivity (Wildman–Crippen MR) is 86.5 cm³/mol. The topological polar surface area (TPSA) is 69.6 Å². The molecule has 3 aromatic heterocycles. The van der Waals surface area contributed by atoms with E-state index in [1.165, 1.54) is 0 Å². The number of para-hydroxylation sites is 1. The molecule has 1 aromatic carbocycles. The number of aromatic nitrogens is 4. The smallest absolute Gasteiger partial charge is 0.123 e. The van der Waals surface area contributed by atoms with Crippen LogP contribution < -0.4 is 5.73 Å². The van der Waals surface area contributed by atoms with Gasteiger partial charge in [0.1, 0.15) is 17.7 Å². The normalized spacial score (nSPS) is 10.9. The fourth-order valence-corrected chi connectivity index (χ4v) is 2.42. The maximum Gasteiger partial charge on any atom is 0.123 e. The van der Waals surface area contributed by atoms with Crippen LogP contribution in [-0.4, -0.2) is 19.5 Å². The number of nitrogens with zero attached hydrogens (tertiary/aromatic N) is 4. The molecule has 0 aliphatic carbocycles. The number of hydrogen-bond acceptors (Lipinski definition) is 4. The zero-order valence-corrected chi connectivity index (χ0v) is 11.7. The number of hydrogen-bond donors (Lipinski definition) is 1. The summed E-state index contributed by atoms with van der Waals surface area (Å²) in [4.78, 5) is 13.0. The summed E-state index contributed by atoms with van der Waals surface area (Å²) in [6.45, 7) is 0. The highest BCUT2D eigenvalue weighted by Gasteiger charge is 2.08. The van der Waals surface area contributed by atoms with E-state index in [9.17, 15) is 0 Å². The van der Waals surface area contributed by atoms with Crippen molar-refractivity contribution in [2.24, 2.45) is 0 Å². The highest BCUT2D eigenvalue weighted by molar-refractivity contribution is 5.81. The van der Waals surface area contributed by atoms with Crippen molar-refractivity contribution in [3.63, 3.8) is 0 Å². The Hall–Kier alpha value is -3.21. The van der Waals surface area contributed by atoms with E-state index in [0.29, 0.717) is 5.82 Å². The third-order valence-corrected chi connectivity index (χ3v) is 3.55. The van der Waals surface area contributed by atoms with Gasteiger partial charge in [-0.15, -0.1) is 0 Å². The zero-order valence-electron chi connectivity index (χ0n) is 11.7. The number of fused-ring (bicyclic) bond motifs is 1. The number of anilines is 1. The molecule has 4 rings (SSSR count). The van der Waals surface area contributed by atoms with Gasteiger partial charge in [-0.3, -0.25) is 9.55 Å². The first-order valence-electron chi connectivity index (χ1n) is 6.92. The molecule has 0 amide bonds. The van der Waals surface area contributed by atoms with Gasteiger partial charge in [0.2, 0.25) is 0 Å². The third-order valence-electron chi connectivity index (χ3n) is 3.55. The lowest BCUT2D eigenvalue weighted by molar-refractivity contribution is 1.09. The molecule has 3 heterocycles. The maximum absolute atomic E-state index is 5.63.